The van der Waals surface area contributed by atoms with E-state index in [4.69, 9.17) is 5.73 Å². The average Bonchev–Trinajstić information content (AvgIpc) is 3.30. The van der Waals surface area contributed by atoms with Gasteiger partial charge in [-0.1, -0.05) is 30.3 Å². The van der Waals surface area contributed by atoms with Crippen LogP contribution in [0.15, 0.2) is 70.0 Å². The fraction of sp³-hybridized carbons (Fsp3) is 0.286. The average molecular weight is 536 g/mol. The minimum absolute atomic E-state index is 0. The maximum atomic E-state index is 11.8. The molecule has 0 unspecified atom stereocenters. The van der Waals surface area contributed by atoms with Gasteiger partial charge in [0.05, 0.1) is 13.1 Å². The number of nitrogens with zero attached hydrogens (tertiary/aromatic N) is 5. The van der Waals surface area contributed by atoms with Crippen LogP contribution in [-0.2, 0) is 13.1 Å². The highest BCUT2D eigenvalue weighted by Gasteiger charge is 2.19. The molecule has 1 saturated heterocycles. The molecule has 0 saturated carbocycles. The number of guanidine groups is 1. The highest BCUT2D eigenvalue weighted by Crippen LogP contribution is 2.18. The Morgan fingerprint density at radius 3 is 2.47 bits per heavy atom. The number of piperazine rings is 1. The van der Waals surface area contributed by atoms with Crippen LogP contribution in [0, 0.1) is 0 Å². The Kier molecular flexibility index (Phi) is 7.86. The smallest absolute Gasteiger partial charge is 0.250 e. The van der Waals surface area contributed by atoms with Crippen LogP contribution < -0.4 is 16.2 Å². The van der Waals surface area contributed by atoms with Crippen molar-refractivity contribution in [2.75, 3.05) is 31.1 Å². The molecule has 0 aliphatic carbocycles. The molecule has 9 heteroatoms. The number of halogens is 1. The summed E-state index contributed by atoms with van der Waals surface area (Å²) in [5, 5.41) is 3.07. The predicted molar refractivity (Wildman–Crippen MR) is 133 cm³/mol. The summed E-state index contributed by atoms with van der Waals surface area (Å²) in [7, 11) is 0. The number of anilines is 1. The molecule has 2 N–H and O–H groups in total. The van der Waals surface area contributed by atoms with Gasteiger partial charge < -0.3 is 20.1 Å². The van der Waals surface area contributed by atoms with Gasteiger partial charge in [0.1, 0.15) is 0 Å². The van der Waals surface area contributed by atoms with E-state index in [1.54, 1.807) is 34.2 Å². The summed E-state index contributed by atoms with van der Waals surface area (Å²) < 4.78 is 1.69. The topological polar surface area (TPSA) is 79.8 Å². The standard InChI is InChI=1S/C21H24N6OS.HI/c22-20(25-10-12-26(13-11-25)21-23-8-14-29-21)24-15-17-4-6-18(7-5-17)16-27-9-2-1-3-19(27)28;/h1-9,14H,10-13,15-16H2,(H2,22,24);1H. The van der Waals surface area contributed by atoms with Gasteiger partial charge in [-0.25, -0.2) is 9.98 Å². The summed E-state index contributed by atoms with van der Waals surface area (Å²) >= 11 is 1.66. The van der Waals surface area contributed by atoms with Crippen LogP contribution in [0.25, 0.3) is 0 Å². The van der Waals surface area contributed by atoms with Gasteiger partial charge in [0.15, 0.2) is 11.1 Å². The molecule has 158 valence electrons. The van der Waals surface area contributed by atoms with Gasteiger partial charge in [0.2, 0.25) is 0 Å². The first-order chi connectivity index (χ1) is 14.2. The quantitative estimate of drug-likeness (QED) is 0.308. The fourth-order valence-corrected chi connectivity index (χ4v) is 4.01. The Morgan fingerprint density at radius 1 is 1.07 bits per heavy atom. The lowest BCUT2D eigenvalue weighted by atomic mass is 10.1. The molecule has 1 aliphatic rings. The number of aliphatic imine (C=N–C) groups is 1. The SMILES string of the molecule is I.NC(=NCc1ccc(Cn2ccccc2=O)cc1)N1CCN(c2nccs2)CC1. The number of benzene rings is 1. The Labute approximate surface area is 196 Å². The molecule has 3 heterocycles. The Hall–Kier alpha value is -2.40. The van der Waals surface area contributed by atoms with Crippen LogP contribution in [0.2, 0.25) is 0 Å². The van der Waals surface area contributed by atoms with Crippen molar-refractivity contribution >= 4 is 46.4 Å². The first kappa shape index (κ1) is 22.3. The Bertz CT molecular complexity index is 1010. The molecule has 1 aromatic carbocycles. The largest absolute Gasteiger partial charge is 0.370 e. The van der Waals surface area contributed by atoms with Gasteiger partial charge in [-0.2, -0.15) is 0 Å². The van der Waals surface area contributed by atoms with Crippen molar-refractivity contribution < 1.29 is 0 Å². The zero-order valence-electron chi connectivity index (χ0n) is 16.6. The third-order valence-electron chi connectivity index (χ3n) is 4.99. The van der Waals surface area contributed by atoms with Gasteiger partial charge in [-0.15, -0.1) is 35.3 Å². The second-order valence-electron chi connectivity index (χ2n) is 6.95. The summed E-state index contributed by atoms with van der Waals surface area (Å²) in [5.41, 5.74) is 8.40. The predicted octanol–water partition coefficient (Wildman–Crippen LogP) is 2.61. The van der Waals surface area contributed by atoms with Crippen LogP contribution in [0.4, 0.5) is 5.13 Å². The van der Waals surface area contributed by atoms with E-state index in [9.17, 15) is 4.79 Å². The maximum Gasteiger partial charge on any atom is 0.250 e. The van der Waals surface area contributed by atoms with Gasteiger partial charge in [0, 0.05) is 50.0 Å². The number of nitrogens with two attached hydrogens (primary N) is 1. The number of hydrogen-bond acceptors (Lipinski definition) is 5. The third-order valence-corrected chi connectivity index (χ3v) is 5.82. The zero-order valence-corrected chi connectivity index (χ0v) is 19.7. The first-order valence-electron chi connectivity index (χ1n) is 9.61. The monoisotopic (exact) mass is 536 g/mol. The molecule has 0 amide bonds. The summed E-state index contributed by atoms with van der Waals surface area (Å²) in [6.07, 6.45) is 3.64. The Morgan fingerprint density at radius 2 is 1.80 bits per heavy atom. The zero-order chi connectivity index (χ0) is 20.1. The van der Waals surface area contributed by atoms with Crippen molar-refractivity contribution in [2.45, 2.75) is 13.1 Å². The molecule has 0 atom stereocenters. The number of hydrogen-bond donors (Lipinski definition) is 1. The van der Waals surface area contributed by atoms with E-state index >= 15 is 0 Å². The molecule has 4 rings (SSSR count). The maximum absolute atomic E-state index is 11.8. The van der Waals surface area contributed by atoms with Crippen molar-refractivity contribution in [1.29, 1.82) is 0 Å². The lowest BCUT2D eigenvalue weighted by Gasteiger charge is -2.35. The van der Waals surface area contributed by atoms with Crippen molar-refractivity contribution in [3.05, 3.63) is 81.7 Å². The number of thiazole rings is 1. The normalized spacial score (nSPS) is 14.5. The van der Waals surface area contributed by atoms with Gasteiger partial charge in [-0.05, 0) is 17.2 Å². The van der Waals surface area contributed by atoms with Gasteiger partial charge in [-0.3, -0.25) is 4.79 Å². The van der Waals surface area contributed by atoms with Crippen molar-refractivity contribution in [2.24, 2.45) is 10.7 Å². The van der Waals surface area contributed by atoms with E-state index in [1.807, 2.05) is 41.9 Å². The van der Waals surface area contributed by atoms with E-state index in [0.29, 0.717) is 19.0 Å². The van der Waals surface area contributed by atoms with E-state index in [1.165, 1.54) is 0 Å². The van der Waals surface area contributed by atoms with Crippen molar-refractivity contribution in [1.82, 2.24) is 14.5 Å². The van der Waals surface area contributed by atoms with Crippen molar-refractivity contribution in [3.8, 4) is 0 Å². The van der Waals surface area contributed by atoms with E-state index in [0.717, 1.165) is 42.4 Å². The summed E-state index contributed by atoms with van der Waals surface area (Å²) in [5.74, 6) is 0.587. The van der Waals surface area contributed by atoms with Crippen LogP contribution >= 0.6 is 35.3 Å². The molecule has 1 fully saturated rings. The van der Waals surface area contributed by atoms with E-state index < -0.39 is 0 Å². The second-order valence-corrected chi connectivity index (χ2v) is 7.82. The fourth-order valence-electron chi connectivity index (χ4n) is 3.31. The highest BCUT2D eigenvalue weighted by molar-refractivity contribution is 14.0. The summed E-state index contributed by atoms with van der Waals surface area (Å²) in [4.78, 5) is 25.2. The molecule has 0 radical (unpaired) electrons. The molecule has 3 aromatic rings. The molecular weight excluding hydrogens is 511 g/mol. The minimum Gasteiger partial charge on any atom is -0.370 e. The molecule has 0 bridgehead atoms. The summed E-state index contributed by atoms with van der Waals surface area (Å²) in [6.45, 7) is 4.60. The Balaban J connectivity index is 0.00000256. The number of rotatable bonds is 5. The minimum atomic E-state index is 0. The first-order valence-corrected chi connectivity index (χ1v) is 10.5. The molecule has 0 spiro atoms. The summed E-state index contributed by atoms with van der Waals surface area (Å²) in [6, 6.07) is 13.3. The third kappa shape index (κ3) is 5.60. The van der Waals surface area contributed by atoms with E-state index in [-0.39, 0.29) is 29.5 Å². The molecule has 7 nitrogen and oxygen atoms in total. The lowest BCUT2D eigenvalue weighted by Crippen LogP contribution is -2.51. The van der Waals surface area contributed by atoms with Crippen LogP contribution in [0.1, 0.15) is 11.1 Å². The molecule has 1 aliphatic heterocycles. The molecule has 30 heavy (non-hydrogen) atoms. The van der Waals surface area contributed by atoms with Crippen LogP contribution in [0.3, 0.4) is 0 Å². The van der Waals surface area contributed by atoms with Gasteiger partial charge in [0.25, 0.3) is 5.56 Å². The second kappa shape index (κ2) is 10.6. The van der Waals surface area contributed by atoms with E-state index in [2.05, 4.69) is 19.8 Å². The lowest BCUT2D eigenvalue weighted by molar-refractivity contribution is 0.380. The number of pyridine rings is 1. The molecular formula is C21H25IN6OS. The van der Waals surface area contributed by atoms with Crippen LogP contribution in [0.5, 0.6) is 0 Å². The van der Waals surface area contributed by atoms with Crippen molar-refractivity contribution in [3.63, 3.8) is 0 Å². The highest BCUT2D eigenvalue weighted by atomic mass is 127. The molecule has 2 aromatic heterocycles. The van der Waals surface area contributed by atoms with Gasteiger partial charge >= 0.3 is 0 Å². The van der Waals surface area contributed by atoms with Crippen LogP contribution in [-0.4, -0.2) is 46.6 Å². The number of aromatic nitrogens is 2.